The van der Waals surface area contributed by atoms with Gasteiger partial charge in [-0.2, -0.15) is 0 Å². The molecule has 0 rings (SSSR count). The van der Waals surface area contributed by atoms with E-state index in [2.05, 4.69) is 24.5 Å². The third kappa shape index (κ3) is 9.75. The molecular weight excluding hydrogens is 258 g/mol. The second kappa shape index (κ2) is 10.6. The average Bonchev–Trinajstić information content (AvgIpc) is 2.38. The van der Waals surface area contributed by atoms with Gasteiger partial charge in [0.2, 0.25) is 11.8 Å². The van der Waals surface area contributed by atoms with Crippen molar-refractivity contribution in [2.45, 2.75) is 40.2 Å². The van der Waals surface area contributed by atoms with E-state index in [1.807, 2.05) is 13.8 Å². The quantitative estimate of drug-likeness (QED) is 0.503. The molecule has 0 aromatic rings. The van der Waals surface area contributed by atoms with Crippen LogP contribution in [-0.4, -0.2) is 44.2 Å². The predicted octanol–water partition coefficient (Wildman–Crippen LogP) is 0.265. The van der Waals surface area contributed by atoms with Crippen LogP contribution in [0.25, 0.3) is 0 Å². The van der Waals surface area contributed by atoms with Crippen LogP contribution in [0.3, 0.4) is 0 Å². The van der Waals surface area contributed by atoms with Gasteiger partial charge in [0, 0.05) is 13.2 Å². The van der Waals surface area contributed by atoms with Crippen molar-refractivity contribution in [3.05, 3.63) is 0 Å². The van der Waals surface area contributed by atoms with Crippen LogP contribution in [0.2, 0.25) is 0 Å². The molecule has 0 spiro atoms. The van der Waals surface area contributed by atoms with E-state index in [4.69, 9.17) is 10.5 Å². The maximum Gasteiger partial charge on any atom is 0.239 e. The lowest BCUT2D eigenvalue weighted by atomic mass is 10.1. The first-order chi connectivity index (χ1) is 9.34. The van der Waals surface area contributed by atoms with Crippen molar-refractivity contribution >= 4 is 11.8 Å². The van der Waals surface area contributed by atoms with Crippen molar-refractivity contribution in [3.8, 4) is 0 Å². The summed E-state index contributed by atoms with van der Waals surface area (Å²) in [6, 6.07) is -0.581. The molecule has 0 bridgehead atoms. The Kier molecular flexibility index (Phi) is 10.0. The van der Waals surface area contributed by atoms with Crippen LogP contribution >= 0.6 is 0 Å². The van der Waals surface area contributed by atoms with Crippen LogP contribution in [0.1, 0.15) is 34.1 Å². The topological polar surface area (TPSA) is 93.5 Å². The summed E-state index contributed by atoms with van der Waals surface area (Å²) in [6.07, 6.45) is 1.01. The Morgan fingerprint density at radius 3 is 2.30 bits per heavy atom. The third-order valence-electron chi connectivity index (χ3n) is 2.85. The summed E-state index contributed by atoms with van der Waals surface area (Å²) in [7, 11) is 0. The summed E-state index contributed by atoms with van der Waals surface area (Å²) in [6.45, 7) is 9.57. The maximum atomic E-state index is 11.5. The average molecular weight is 287 g/mol. The van der Waals surface area contributed by atoms with Gasteiger partial charge in [-0.1, -0.05) is 27.7 Å². The SMILES string of the molecule is CC(C)CCOCCNC(=O)CNC(=O)[C@@H](N)C(C)C. The lowest BCUT2D eigenvalue weighted by molar-refractivity contribution is -0.127. The molecule has 0 aliphatic rings. The molecule has 1 atom stereocenters. The van der Waals surface area contributed by atoms with Crippen LogP contribution in [-0.2, 0) is 14.3 Å². The fraction of sp³-hybridized carbons (Fsp3) is 0.857. The summed E-state index contributed by atoms with van der Waals surface area (Å²) in [5.74, 6) is 0.127. The molecule has 0 unspecified atom stereocenters. The van der Waals surface area contributed by atoms with E-state index in [1.54, 1.807) is 0 Å². The van der Waals surface area contributed by atoms with Gasteiger partial charge in [0.25, 0.3) is 0 Å². The lowest BCUT2D eigenvalue weighted by Gasteiger charge is -2.15. The molecule has 0 aromatic heterocycles. The molecule has 0 aromatic carbocycles. The number of nitrogens with one attached hydrogen (secondary N) is 2. The number of hydrogen-bond acceptors (Lipinski definition) is 4. The van der Waals surface area contributed by atoms with Crippen molar-refractivity contribution in [3.63, 3.8) is 0 Å². The van der Waals surface area contributed by atoms with Crippen LogP contribution in [0, 0.1) is 11.8 Å². The molecule has 2 amide bonds. The number of carbonyl (C=O) groups excluding carboxylic acids is 2. The molecule has 20 heavy (non-hydrogen) atoms. The van der Waals surface area contributed by atoms with Crippen LogP contribution in [0.4, 0.5) is 0 Å². The Labute approximate surface area is 121 Å². The molecule has 6 nitrogen and oxygen atoms in total. The van der Waals surface area contributed by atoms with Gasteiger partial charge in [0.1, 0.15) is 0 Å². The van der Waals surface area contributed by atoms with Crippen molar-refractivity contribution in [2.75, 3.05) is 26.3 Å². The molecule has 4 N–H and O–H groups in total. The molecule has 0 saturated carbocycles. The number of amides is 2. The van der Waals surface area contributed by atoms with Crippen molar-refractivity contribution in [2.24, 2.45) is 17.6 Å². The molecule has 0 radical (unpaired) electrons. The van der Waals surface area contributed by atoms with Gasteiger partial charge >= 0.3 is 0 Å². The van der Waals surface area contributed by atoms with E-state index < -0.39 is 6.04 Å². The zero-order valence-corrected chi connectivity index (χ0v) is 13.1. The largest absolute Gasteiger partial charge is 0.380 e. The number of rotatable bonds is 10. The zero-order chi connectivity index (χ0) is 15.5. The highest BCUT2D eigenvalue weighted by Gasteiger charge is 2.17. The highest BCUT2D eigenvalue weighted by Crippen LogP contribution is 1.98. The Bertz CT molecular complexity index is 293. The highest BCUT2D eigenvalue weighted by atomic mass is 16.5. The van der Waals surface area contributed by atoms with E-state index in [0.29, 0.717) is 25.7 Å². The molecule has 6 heteroatoms. The van der Waals surface area contributed by atoms with Crippen LogP contribution in [0.5, 0.6) is 0 Å². The minimum absolute atomic E-state index is 0.0485. The summed E-state index contributed by atoms with van der Waals surface area (Å²) in [5.41, 5.74) is 5.66. The molecule has 118 valence electrons. The summed E-state index contributed by atoms with van der Waals surface area (Å²) >= 11 is 0. The number of hydrogen-bond donors (Lipinski definition) is 3. The molecule has 0 fully saturated rings. The first kappa shape index (κ1) is 18.9. The van der Waals surface area contributed by atoms with Gasteiger partial charge in [-0.25, -0.2) is 0 Å². The summed E-state index contributed by atoms with van der Waals surface area (Å²) in [5, 5.41) is 5.19. The monoisotopic (exact) mass is 287 g/mol. The van der Waals surface area contributed by atoms with E-state index in [1.165, 1.54) is 0 Å². The maximum absolute atomic E-state index is 11.5. The van der Waals surface area contributed by atoms with Gasteiger partial charge in [0.05, 0.1) is 19.2 Å². The van der Waals surface area contributed by atoms with Gasteiger partial charge in [-0.15, -0.1) is 0 Å². The minimum Gasteiger partial charge on any atom is -0.380 e. The standard InChI is InChI=1S/C14H29N3O3/c1-10(2)5-7-20-8-6-16-12(18)9-17-14(19)13(15)11(3)4/h10-11,13H,5-9,15H2,1-4H3,(H,16,18)(H,17,19)/t13-/m0/s1. The Morgan fingerprint density at radius 2 is 1.75 bits per heavy atom. The van der Waals surface area contributed by atoms with E-state index >= 15 is 0 Å². The predicted molar refractivity (Wildman–Crippen MR) is 79.1 cm³/mol. The molecule has 0 aliphatic heterocycles. The smallest absolute Gasteiger partial charge is 0.239 e. The number of ether oxygens (including phenoxy) is 1. The van der Waals surface area contributed by atoms with Gasteiger partial charge in [-0.05, 0) is 18.3 Å². The van der Waals surface area contributed by atoms with Crippen molar-refractivity contribution in [1.82, 2.24) is 10.6 Å². The van der Waals surface area contributed by atoms with Gasteiger partial charge in [-0.3, -0.25) is 9.59 Å². The molecule has 0 aliphatic carbocycles. The molecule has 0 saturated heterocycles. The fourth-order valence-electron chi connectivity index (χ4n) is 1.33. The fourth-order valence-corrected chi connectivity index (χ4v) is 1.33. The number of carbonyl (C=O) groups is 2. The van der Waals surface area contributed by atoms with Crippen LogP contribution in [0.15, 0.2) is 0 Å². The van der Waals surface area contributed by atoms with Gasteiger partial charge in [0.15, 0.2) is 0 Å². The molecule has 0 heterocycles. The summed E-state index contributed by atoms with van der Waals surface area (Å²) < 4.78 is 5.37. The first-order valence-corrected chi connectivity index (χ1v) is 7.22. The van der Waals surface area contributed by atoms with E-state index in [9.17, 15) is 9.59 Å². The molecular formula is C14H29N3O3. The lowest BCUT2D eigenvalue weighted by Crippen LogP contribution is -2.47. The second-order valence-electron chi connectivity index (χ2n) is 5.63. The Morgan fingerprint density at radius 1 is 1.10 bits per heavy atom. The van der Waals surface area contributed by atoms with E-state index in [0.717, 1.165) is 6.42 Å². The minimum atomic E-state index is -0.581. The summed E-state index contributed by atoms with van der Waals surface area (Å²) in [4.78, 5) is 23.0. The van der Waals surface area contributed by atoms with Crippen LogP contribution < -0.4 is 16.4 Å². The Balaban J connectivity index is 3.57. The van der Waals surface area contributed by atoms with Crippen molar-refractivity contribution in [1.29, 1.82) is 0 Å². The third-order valence-corrected chi connectivity index (χ3v) is 2.85. The first-order valence-electron chi connectivity index (χ1n) is 7.22. The second-order valence-corrected chi connectivity index (χ2v) is 5.63. The van der Waals surface area contributed by atoms with Crippen molar-refractivity contribution < 1.29 is 14.3 Å². The normalized spacial score (nSPS) is 12.6. The van der Waals surface area contributed by atoms with E-state index in [-0.39, 0.29) is 24.3 Å². The zero-order valence-electron chi connectivity index (χ0n) is 13.1. The highest BCUT2D eigenvalue weighted by molar-refractivity contribution is 5.87. The Hall–Kier alpha value is -1.14. The number of nitrogens with two attached hydrogens (primary N) is 1. The van der Waals surface area contributed by atoms with Gasteiger partial charge < -0.3 is 21.1 Å².